The van der Waals surface area contributed by atoms with Gasteiger partial charge in [0.2, 0.25) is 0 Å². The number of rotatable bonds is 2. The van der Waals surface area contributed by atoms with Gasteiger partial charge in [-0.25, -0.2) is 19.6 Å². The van der Waals surface area contributed by atoms with Crippen molar-refractivity contribution in [3.05, 3.63) is 30.7 Å². The third-order valence-electron chi connectivity index (χ3n) is 6.21. The molecule has 1 atom stereocenters. The maximum atomic E-state index is 13.3. The second-order valence-electron chi connectivity index (χ2n) is 9.75. The number of piperazine rings is 1. The number of pyridine rings is 1. The van der Waals surface area contributed by atoms with Crippen molar-refractivity contribution < 1.29 is 14.3 Å². The lowest BCUT2D eigenvalue weighted by atomic mass is 10.2. The minimum Gasteiger partial charge on any atom is -0.444 e. The number of fused-ring (bicyclic) bond motifs is 4. The van der Waals surface area contributed by atoms with E-state index in [0.29, 0.717) is 37.8 Å². The summed E-state index contributed by atoms with van der Waals surface area (Å²) in [6.07, 6.45) is 5.23. The fourth-order valence-electron chi connectivity index (χ4n) is 4.62. The molecule has 2 aromatic rings. The summed E-state index contributed by atoms with van der Waals surface area (Å²) in [6.45, 7) is 9.68. The number of ether oxygens (including phenoxy) is 1. The molecule has 0 unspecified atom stereocenters. The highest BCUT2D eigenvalue weighted by Crippen LogP contribution is 2.40. The molecule has 5 rings (SSSR count). The number of urea groups is 1. The number of aromatic nitrogens is 3. The van der Waals surface area contributed by atoms with Gasteiger partial charge in [0, 0.05) is 51.7 Å². The van der Waals surface area contributed by atoms with Gasteiger partial charge >= 0.3 is 12.1 Å². The Morgan fingerprint density at radius 3 is 2.56 bits per heavy atom. The monoisotopic (exact) mass is 466 g/mol. The average Bonchev–Trinajstić information content (AvgIpc) is 3.22. The molecule has 1 N–H and O–H groups in total. The number of nitrogens with zero attached hydrogens (tertiary/aromatic N) is 7. The van der Waals surface area contributed by atoms with Crippen molar-refractivity contribution in [3.63, 3.8) is 0 Å². The standard InChI is InChI=1S/C23H30N8O3/c1-23(2,3)34-22(33)29-12-10-28(11-13-29)19-5-4-17-20(27-19)31(16-6-9-30(17)15-16)21(32)26-18-14-24-7-8-25-18/h4-5,7-8,14,16H,6,9-13,15H2,1-3H3,(H,25,26,32)/t16-/m0/s1. The molecule has 34 heavy (non-hydrogen) atoms. The second kappa shape index (κ2) is 8.62. The van der Waals surface area contributed by atoms with E-state index in [1.165, 1.54) is 6.20 Å². The number of carbonyl (C=O) groups excluding carboxylic acids is 2. The summed E-state index contributed by atoms with van der Waals surface area (Å²) >= 11 is 0. The van der Waals surface area contributed by atoms with Crippen molar-refractivity contribution >= 4 is 35.3 Å². The molecule has 0 saturated carbocycles. The minimum atomic E-state index is -0.516. The molecule has 0 aliphatic carbocycles. The van der Waals surface area contributed by atoms with Crippen molar-refractivity contribution in [2.24, 2.45) is 0 Å². The van der Waals surface area contributed by atoms with E-state index < -0.39 is 5.60 Å². The lowest BCUT2D eigenvalue weighted by Crippen LogP contribution is -2.51. The molecule has 5 heterocycles. The molecular formula is C23H30N8O3. The largest absolute Gasteiger partial charge is 0.444 e. The molecule has 180 valence electrons. The number of hydrogen-bond donors (Lipinski definition) is 1. The van der Waals surface area contributed by atoms with Crippen LogP contribution in [-0.4, -0.2) is 82.9 Å². The molecule has 2 bridgehead atoms. The first-order valence-corrected chi connectivity index (χ1v) is 11.6. The van der Waals surface area contributed by atoms with Crippen LogP contribution in [0.2, 0.25) is 0 Å². The van der Waals surface area contributed by atoms with Crippen LogP contribution in [0, 0.1) is 0 Å². The van der Waals surface area contributed by atoms with Crippen LogP contribution in [0.25, 0.3) is 0 Å². The van der Waals surface area contributed by atoms with E-state index in [-0.39, 0.29) is 18.2 Å². The predicted molar refractivity (Wildman–Crippen MR) is 128 cm³/mol. The maximum absolute atomic E-state index is 13.3. The fourth-order valence-corrected chi connectivity index (χ4v) is 4.62. The summed E-state index contributed by atoms with van der Waals surface area (Å²) in [5.41, 5.74) is 0.442. The maximum Gasteiger partial charge on any atom is 0.410 e. The first kappa shape index (κ1) is 22.2. The van der Waals surface area contributed by atoms with Crippen LogP contribution >= 0.6 is 0 Å². The van der Waals surface area contributed by atoms with Gasteiger partial charge in [-0.2, -0.15) is 0 Å². The van der Waals surface area contributed by atoms with Crippen molar-refractivity contribution in [3.8, 4) is 0 Å². The van der Waals surface area contributed by atoms with Crippen LogP contribution in [0.15, 0.2) is 30.7 Å². The van der Waals surface area contributed by atoms with Crippen LogP contribution in [0.1, 0.15) is 27.2 Å². The molecule has 2 fully saturated rings. The highest BCUT2D eigenvalue weighted by Gasteiger charge is 2.40. The summed E-state index contributed by atoms with van der Waals surface area (Å²) in [7, 11) is 0. The van der Waals surface area contributed by atoms with Gasteiger partial charge in [-0.05, 0) is 39.3 Å². The Bertz CT molecular complexity index is 1070. The summed E-state index contributed by atoms with van der Waals surface area (Å²) in [5.74, 6) is 1.86. The normalized spacial score (nSPS) is 19.7. The molecule has 11 heteroatoms. The first-order valence-electron chi connectivity index (χ1n) is 11.6. The fraction of sp³-hybridized carbons (Fsp3) is 0.522. The van der Waals surface area contributed by atoms with E-state index in [1.54, 1.807) is 22.2 Å². The Morgan fingerprint density at radius 2 is 1.85 bits per heavy atom. The van der Waals surface area contributed by atoms with Gasteiger partial charge in [0.15, 0.2) is 11.6 Å². The van der Waals surface area contributed by atoms with Gasteiger partial charge in [-0.3, -0.25) is 15.2 Å². The molecule has 3 aliphatic rings. The molecule has 0 spiro atoms. The van der Waals surface area contributed by atoms with Crippen LogP contribution in [0.5, 0.6) is 0 Å². The third-order valence-corrected chi connectivity index (χ3v) is 6.21. The number of anilines is 4. The van der Waals surface area contributed by atoms with E-state index in [2.05, 4.69) is 25.1 Å². The van der Waals surface area contributed by atoms with Gasteiger partial charge in [-0.15, -0.1) is 0 Å². The smallest absolute Gasteiger partial charge is 0.410 e. The number of nitrogens with one attached hydrogen (secondary N) is 1. The Balaban J connectivity index is 1.33. The van der Waals surface area contributed by atoms with Gasteiger partial charge in [-0.1, -0.05) is 0 Å². The predicted octanol–water partition coefficient (Wildman–Crippen LogP) is 2.56. The summed E-state index contributed by atoms with van der Waals surface area (Å²) in [5, 5.41) is 2.85. The Labute approximate surface area is 198 Å². The summed E-state index contributed by atoms with van der Waals surface area (Å²) in [6, 6.07) is 3.84. The average molecular weight is 467 g/mol. The van der Waals surface area contributed by atoms with E-state index in [0.717, 1.165) is 31.0 Å². The van der Waals surface area contributed by atoms with Crippen molar-refractivity contribution in [2.75, 3.05) is 59.3 Å². The van der Waals surface area contributed by atoms with Gasteiger partial charge in [0.1, 0.15) is 11.4 Å². The number of hydrogen-bond acceptors (Lipinski definition) is 8. The van der Waals surface area contributed by atoms with Crippen molar-refractivity contribution in [2.45, 2.75) is 38.8 Å². The van der Waals surface area contributed by atoms with E-state index >= 15 is 0 Å². The zero-order valence-corrected chi connectivity index (χ0v) is 19.8. The highest BCUT2D eigenvalue weighted by atomic mass is 16.6. The first-order chi connectivity index (χ1) is 16.3. The zero-order chi connectivity index (χ0) is 23.9. The lowest BCUT2D eigenvalue weighted by molar-refractivity contribution is 0.0240. The van der Waals surface area contributed by atoms with E-state index in [1.807, 2.05) is 32.9 Å². The molecule has 2 aromatic heterocycles. The molecule has 11 nitrogen and oxygen atoms in total. The van der Waals surface area contributed by atoms with Gasteiger partial charge in [0.25, 0.3) is 0 Å². The summed E-state index contributed by atoms with van der Waals surface area (Å²) in [4.78, 5) is 46.7. The Kier molecular flexibility index (Phi) is 5.62. The SMILES string of the molecule is CC(C)(C)OC(=O)N1CCN(c2ccc3c(n2)N(C(=O)Nc2cnccn2)[C@H]2CCN3C2)CC1. The van der Waals surface area contributed by atoms with Crippen LogP contribution in [-0.2, 0) is 4.74 Å². The van der Waals surface area contributed by atoms with Gasteiger partial charge < -0.3 is 19.4 Å². The molecule has 3 amide bonds. The van der Waals surface area contributed by atoms with Crippen LogP contribution in [0.3, 0.4) is 0 Å². The second-order valence-corrected chi connectivity index (χ2v) is 9.75. The molecular weight excluding hydrogens is 436 g/mol. The Morgan fingerprint density at radius 1 is 1.06 bits per heavy atom. The molecule has 0 aromatic carbocycles. The van der Waals surface area contributed by atoms with Crippen LogP contribution < -0.4 is 20.0 Å². The molecule has 0 radical (unpaired) electrons. The third kappa shape index (κ3) is 4.42. The number of amides is 3. The minimum absolute atomic E-state index is 0.0518. The van der Waals surface area contributed by atoms with Crippen molar-refractivity contribution in [1.82, 2.24) is 19.9 Å². The molecule has 3 aliphatic heterocycles. The van der Waals surface area contributed by atoms with Gasteiger partial charge in [0.05, 0.1) is 17.9 Å². The highest BCUT2D eigenvalue weighted by molar-refractivity contribution is 6.04. The quantitative estimate of drug-likeness (QED) is 0.720. The molecule has 2 saturated heterocycles. The number of carbonyl (C=O) groups is 2. The lowest BCUT2D eigenvalue weighted by Gasteiger charge is -2.38. The van der Waals surface area contributed by atoms with Crippen molar-refractivity contribution in [1.29, 1.82) is 0 Å². The zero-order valence-electron chi connectivity index (χ0n) is 19.8. The van der Waals surface area contributed by atoms with E-state index in [4.69, 9.17) is 9.72 Å². The topological polar surface area (TPSA) is 107 Å². The van der Waals surface area contributed by atoms with E-state index in [9.17, 15) is 9.59 Å². The van der Waals surface area contributed by atoms with Crippen LogP contribution in [0.4, 0.5) is 32.7 Å². The summed E-state index contributed by atoms with van der Waals surface area (Å²) < 4.78 is 5.50. The Hall–Kier alpha value is -3.63.